The Morgan fingerprint density at radius 2 is 1.79 bits per heavy atom. The normalized spacial score (nSPS) is 22.2. The summed E-state index contributed by atoms with van der Waals surface area (Å²) in [6, 6.07) is 15.7. The van der Waals surface area contributed by atoms with Gasteiger partial charge in [-0.2, -0.15) is 4.31 Å². The average Bonchev–Trinajstić information content (AvgIpc) is 3.21. The van der Waals surface area contributed by atoms with Crippen molar-refractivity contribution in [3.63, 3.8) is 0 Å². The number of hydrogen-bond acceptors (Lipinski definition) is 2. The van der Waals surface area contributed by atoms with Crippen LogP contribution in [0.15, 0.2) is 59.5 Å². The van der Waals surface area contributed by atoms with Gasteiger partial charge >= 0.3 is 0 Å². The molecule has 5 heteroatoms. The maximum Gasteiger partial charge on any atom is 0.243 e. The molecule has 0 aromatic heterocycles. The van der Waals surface area contributed by atoms with E-state index in [4.69, 9.17) is 11.6 Å². The molecule has 2 atom stereocenters. The topological polar surface area (TPSA) is 37.1 Å². The molecule has 1 fully saturated rings. The molecule has 3 rings (SSSR count). The van der Waals surface area contributed by atoms with Gasteiger partial charge in [0.15, 0.2) is 0 Å². The lowest BCUT2D eigenvalue weighted by atomic mass is 10.2. The molecule has 0 saturated carbocycles. The van der Waals surface area contributed by atoms with E-state index in [-0.39, 0.29) is 6.04 Å². The van der Waals surface area contributed by atoms with Crippen molar-refractivity contribution >= 4 is 21.6 Å². The van der Waals surface area contributed by atoms with E-state index in [1.54, 1.807) is 36.4 Å². The second-order valence-corrected chi connectivity index (χ2v) is 6.79. The molecule has 0 bridgehead atoms. The van der Waals surface area contributed by atoms with Crippen molar-refractivity contribution in [1.82, 2.24) is 4.31 Å². The van der Waals surface area contributed by atoms with E-state index < -0.39 is 10.0 Å². The highest BCUT2D eigenvalue weighted by Crippen LogP contribution is 2.40. The van der Waals surface area contributed by atoms with Crippen LogP contribution in [0.2, 0.25) is 5.02 Å². The largest absolute Gasteiger partial charge is 0.243 e. The summed E-state index contributed by atoms with van der Waals surface area (Å²) >= 11 is 5.93. The first kappa shape index (κ1) is 12.7. The van der Waals surface area contributed by atoms with Gasteiger partial charge in [-0.15, -0.1) is 0 Å². The highest BCUT2D eigenvalue weighted by atomic mass is 35.5. The number of nitrogens with zero attached hydrogens (tertiary/aromatic N) is 1. The SMILES string of the molecule is O=S(=O)(c1ccccc1)N1C[C@@H]1c1cccc(Cl)c1. The minimum Gasteiger partial charge on any atom is -0.207 e. The van der Waals surface area contributed by atoms with Crippen molar-refractivity contribution in [2.24, 2.45) is 0 Å². The third-order valence-corrected chi connectivity index (χ3v) is 5.27. The van der Waals surface area contributed by atoms with Crippen molar-refractivity contribution in [3.05, 3.63) is 65.2 Å². The zero-order valence-electron chi connectivity index (χ0n) is 10.0. The van der Waals surface area contributed by atoms with E-state index in [2.05, 4.69) is 0 Å². The monoisotopic (exact) mass is 293 g/mol. The molecule has 1 unspecified atom stereocenters. The standard InChI is InChI=1S/C14H12ClNO2S/c15-12-6-4-5-11(9-12)14-10-16(14)19(17,18)13-7-2-1-3-8-13/h1-9,14H,10H2/t14-,16?/m1/s1. The van der Waals surface area contributed by atoms with E-state index >= 15 is 0 Å². The van der Waals surface area contributed by atoms with Gasteiger partial charge in [0.1, 0.15) is 0 Å². The lowest BCUT2D eigenvalue weighted by Gasteiger charge is -2.06. The number of rotatable bonds is 3. The third-order valence-electron chi connectivity index (χ3n) is 3.15. The van der Waals surface area contributed by atoms with Gasteiger partial charge in [-0.05, 0) is 29.8 Å². The molecule has 0 radical (unpaired) electrons. The summed E-state index contributed by atoms with van der Waals surface area (Å²) in [7, 11) is -3.39. The number of benzene rings is 2. The van der Waals surface area contributed by atoms with Gasteiger partial charge in [0.25, 0.3) is 0 Å². The summed E-state index contributed by atoms with van der Waals surface area (Å²) < 4.78 is 26.2. The molecule has 3 nitrogen and oxygen atoms in total. The van der Waals surface area contributed by atoms with Crippen LogP contribution in [0, 0.1) is 0 Å². The molecule has 1 aliphatic rings. The van der Waals surface area contributed by atoms with Crippen molar-refractivity contribution in [2.75, 3.05) is 6.54 Å². The van der Waals surface area contributed by atoms with Gasteiger partial charge < -0.3 is 0 Å². The fourth-order valence-electron chi connectivity index (χ4n) is 2.10. The van der Waals surface area contributed by atoms with Crippen LogP contribution in [-0.4, -0.2) is 19.3 Å². The maximum absolute atomic E-state index is 12.4. The lowest BCUT2D eigenvalue weighted by Crippen LogP contribution is -2.12. The van der Waals surface area contributed by atoms with E-state index in [9.17, 15) is 8.42 Å². The number of sulfonamides is 1. The Labute approximate surface area is 117 Å². The average molecular weight is 294 g/mol. The predicted octanol–water partition coefficient (Wildman–Crippen LogP) is 3.09. The van der Waals surface area contributed by atoms with Gasteiger partial charge in [0.2, 0.25) is 10.0 Å². The second kappa shape index (κ2) is 4.63. The van der Waals surface area contributed by atoms with Crippen LogP contribution in [0.1, 0.15) is 11.6 Å². The van der Waals surface area contributed by atoms with Crippen LogP contribution in [0.4, 0.5) is 0 Å². The van der Waals surface area contributed by atoms with E-state index in [0.717, 1.165) is 5.56 Å². The fraction of sp³-hybridized carbons (Fsp3) is 0.143. The summed E-state index contributed by atoms with van der Waals surface area (Å²) in [5.41, 5.74) is 0.937. The zero-order chi connectivity index (χ0) is 13.5. The van der Waals surface area contributed by atoms with E-state index in [1.165, 1.54) is 4.31 Å². The van der Waals surface area contributed by atoms with Gasteiger partial charge in [0, 0.05) is 11.6 Å². The molecular formula is C14H12ClNO2S. The van der Waals surface area contributed by atoms with Crippen molar-refractivity contribution < 1.29 is 8.42 Å². The zero-order valence-corrected chi connectivity index (χ0v) is 11.6. The molecule has 1 heterocycles. The Hall–Kier alpha value is -1.36. The summed E-state index contributed by atoms with van der Waals surface area (Å²) in [6.07, 6.45) is 0. The van der Waals surface area contributed by atoms with Crippen molar-refractivity contribution in [1.29, 1.82) is 0 Å². The summed E-state index contributed by atoms with van der Waals surface area (Å²) in [5, 5.41) is 0.626. The number of halogens is 1. The van der Waals surface area contributed by atoms with Gasteiger partial charge in [-0.25, -0.2) is 8.42 Å². The van der Waals surface area contributed by atoms with Crippen LogP contribution in [0.3, 0.4) is 0 Å². The summed E-state index contributed by atoms with van der Waals surface area (Å²) in [6.45, 7) is 0.511. The van der Waals surface area contributed by atoms with Crippen LogP contribution < -0.4 is 0 Å². The predicted molar refractivity (Wildman–Crippen MR) is 74.5 cm³/mol. The Bertz CT molecular complexity index is 700. The molecule has 0 spiro atoms. The van der Waals surface area contributed by atoms with Crippen LogP contribution in [-0.2, 0) is 10.0 Å². The molecule has 19 heavy (non-hydrogen) atoms. The Kier molecular flexibility index (Phi) is 3.09. The Morgan fingerprint density at radius 3 is 2.47 bits per heavy atom. The molecule has 0 aliphatic carbocycles. The first-order chi connectivity index (χ1) is 9.09. The van der Waals surface area contributed by atoms with Crippen LogP contribution in [0.5, 0.6) is 0 Å². The second-order valence-electron chi connectivity index (χ2n) is 4.46. The minimum atomic E-state index is -3.39. The molecular weight excluding hydrogens is 282 g/mol. The molecule has 1 aliphatic heterocycles. The van der Waals surface area contributed by atoms with Crippen LogP contribution in [0.25, 0.3) is 0 Å². The van der Waals surface area contributed by atoms with Gasteiger partial charge in [-0.1, -0.05) is 41.9 Å². The highest BCUT2D eigenvalue weighted by Gasteiger charge is 2.45. The molecule has 98 valence electrons. The maximum atomic E-state index is 12.4. The Balaban J connectivity index is 1.87. The van der Waals surface area contributed by atoms with E-state index in [1.807, 2.05) is 18.2 Å². The van der Waals surface area contributed by atoms with Crippen molar-refractivity contribution in [3.8, 4) is 0 Å². The summed E-state index contributed by atoms with van der Waals surface area (Å²) in [5.74, 6) is 0. The summed E-state index contributed by atoms with van der Waals surface area (Å²) in [4.78, 5) is 0.333. The Morgan fingerprint density at radius 1 is 1.05 bits per heavy atom. The fourth-order valence-corrected chi connectivity index (χ4v) is 3.87. The molecule has 2 aromatic carbocycles. The first-order valence-corrected chi connectivity index (χ1v) is 7.73. The molecule has 1 saturated heterocycles. The minimum absolute atomic E-state index is 0.0936. The van der Waals surface area contributed by atoms with E-state index in [0.29, 0.717) is 16.5 Å². The van der Waals surface area contributed by atoms with Crippen molar-refractivity contribution in [2.45, 2.75) is 10.9 Å². The molecule has 2 aromatic rings. The quantitative estimate of drug-likeness (QED) is 0.816. The lowest BCUT2D eigenvalue weighted by molar-refractivity contribution is 0.554. The smallest absolute Gasteiger partial charge is 0.207 e. The van der Waals surface area contributed by atoms with Gasteiger partial charge in [0.05, 0.1) is 10.9 Å². The highest BCUT2D eigenvalue weighted by molar-refractivity contribution is 7.89. The first-order valence-electron chi connectivity index (χ1n) is 5.91. The molecule has 0 N–H and O–H groups in total. The van der Waals surface area contributed by atoms with Gasteiger partial charge in [-0.3, -0.25) is 0 Å². The number of hydrogen-bond donors (Lipinski definition) is 0. The van der Waals surface area contributed by atoms with Crippen LogP contribution >= 0.6 is 11.6 Å². The molecule has 0 amide bonds. The third kappa shape index (κ3) is 2.39.